The first kappa shape index (κ1) is 15.6. The Hall–Kier alpha value is -3.65. The fourth-order valence-electron chi connectivity index (χ4n) is 3.52. The van der Waals surface area contributed by atoms with Gasteiger partial charge in [0.25, 0.3) is 0 Å². The number of benzene rings is 4. The molecule has 0 aliphatic rings. The maximum atomic E-state index is 6.14. The van der Waals surface area contributed by atoms with Crippen molar-refractivity contribution < 1.29 is 4.42 Å². The highest BCUT2D eigenvalue weighted by molar-refractivity contribution is 6.03. The summed E-state index contributed by atoms with van der Waals surface area (Å²) in [4.78, 5) is 4.77. The molecule has 2 heteroatoms. The van der Waals surface area contributed by atoms with Crippen molar-refractivity contribution in [2.24, 2.45) is 0 Å². The summed E-state index contributed by atoms with van der Waals surface area (Å²) in [5.41, 5.74) is 6.03. The fraction of sp³-hybridized carbons (Fsp3) is 0. The summed E-state index contributed by atoms with van der Waals surface area (Å²) in [5, 5.41) is 2.30. The first-order valence-corrected chi connectivity index (χ1v) is 8.94. The van der Waals surface area contributed by atoms with E-state index in [1.165, 1.54) is 5.39 Å². The number of fused-ring (bicyclic) bond motifs is 2. The third kappa shape index (κ3) is 2.63. The monoisotopic (exact) mass is 347 g/mol. The molecule has 0 aliphatic heterocycles. The molecular formula is C25H17NO. The van der Waals surface area contributed by atoms with Gasteiger partial charge < -0.3 is 4.42 Å². The van der Waals surface area contributed by atoms with E-state index in [9.17, 15) is 0 Å². The number of rotatable bonds is 3. The van der Waals surface area contributed by atoms with Gasteiger partial charge >= 0.3 is 0 Å². The molecule has 0 radical (unpaired) electrons. The number of oxazole rings is 1. The zero-order chi connectivity index (χ0) is 18.2. The van der Waals surface area contributed by atoms with Crippen molar-refractivity contribution in [1.29, 1.82) is 0 Å². The van der Waals surface area contributed by atoms with E-state index in [0.717, 1.165) is 38.7 Å². The molecule has 0 unspecified atom stereocenters. The number of hydrogen-bond donors (Lipinski definition) is 0. The van der Waals surface area contributed by atoms with Crippen molar-refractivity contribution in [3.8, 4) is 22.6 Å². The predicted octanol–water partition coefficient (Wildman–Crippen LogP) is 6.96. The van der Waals surface area contributed by atoms with Gasteiger partial charge in [-0.15, -0.1) is 0 Å². The lowest BCUT2D eigenvalue weighted by Crippen LogP contribution is -1.88. The van der Waals surface area contributed by atoms with Crippen LogP contribution in [0.4, 0.5) is 0 Å². The smallest absolute Gasteiger partial charge is 0.228 e. The van der Waals surface area contributed by atoms with E-state index in [1.54, 1.807) is 0 Å². The van der Waals surface area contributed by atoms with Gasteiger partial charge in [-0.3, -0.25) is 0 Å². The Morgan fingerprint density at radius 3 is 2.37 bits per heavy atom. The molecule has 1 heterocycles. The molecule has 5 aromatic rings. The van der Waals surface area contributed by atoms with E-state index in [0.29, 0.717) is 5.89 Å². The lowest BCUT2D eigenvalue weighted by Gasteiger charge is -2.11. The molecule has 0 N–H and O–H groups in total. The van der Waals surface area contributed by atoms with Crippen LogP contribution in [0.2, 0.25) is 0 Å². The number of aromatic nitrogens is 1. The summed E-state index contributed by atoms with van der Waals surface area (Å²) in [6, 6.07) is 28.9. The van der Waals surface area contributed by atoms with Crippen molar-refractivity contribution in [1.82, 2.24) is 4.98 Å². The minimum Gasteiger partial charge on any atom is -0.436 e. The maximum Gasteiger partial charge on any atom is 0.228 e. The highest BCUT2D eigenvalue weighted by Gasteiger charge is 2.17. The molecule has 0 saturated carbocycles. The van der Waals surface area contributed by atoms with Crippen LogP contribution in [0.25, 0.3) is 50.5 Å². The van der Waals surface area contributed by atoms with E-state index < -0.39 is 0 Å². The summed E-state index contributed by atoms with van der Waals surface area (Å²) in [6.45, 7) is 3.84. The third-order valence-corrected chi connectivity index (χ3v) is 4.89. The number of para-hydroxylation sites is 2. The molecule has 1 aromatic heterocycles. The first-order chi connectivity index (χ1) is 13.3. The second kappa shape index (κ2) is 6.26. The lowest BCUT2D eigenvalue weighted by molar-refractivity contribution is 0.621. The van der Waals surface area contributed by atoms with E-state index in [2.05, 4.69) is 67.2 Å². The average Bonchev–Trinajstić information content (AvgIpc) is 3.17. The normalized spacial score (nSPS) is 11.1. The standard InChI is InChI=1S/C25H17NO/c1-2-17-11-13-19(14-12-17)21-16-15-18-7-3-4-8-20(18)24(21)25-26-22-9-5-6-10-23(22)27-25/h2-16H,1H2. The second-order valence-corrected chi connectivity index (χ2v) is 6.52. The minimum absolute atomic E-state index is 0.649. The molecule has 0 bridgehead atoms. The van der Waals surface area contributed by atoms with Gasteiger partial charge in [-0.1, -0.05) is 85.5 Å². The van der Waals surface area contributed by atoms with Crippen LogP contribution in [0.3, 0.4) is 0 Å². The molecule has 0 fully saturated rings. The Labute approximate surface area is 157 Å². The molecule has 4 aromatic carbocycles. The molecular weight excluding hydrogens is 330 g/mol. The van der Waals surface area contributed by atoms with Crippen LogP contribution in [0, 0.1) is 0 Å². The average molecular weight is 347 g/mol. The van der Waals surface area contributed by atoms with Gasteiger partial charge in [-0.05, 0) is 39.6 Å². The zero-order valence-electron chi connectivity index (χ0n) is 14.7. The minimum atomic E-state index is 0.649. The molecule has 2 nitrogen and oxygen atoms in total. The van der Waals surface area contributed by atoms with E-state index >= 15 is 0 Å². The van der Waals surface area contributed by atoms with E-state index in [1.807, 2.05) is 30.3 Å². The second-order valence-electron chi connectivity index (χ2n) is 6.52. The van der Waals surface area contributed by atoms with Crippen LogP contribution in [0.1, 0.15) is 5.56 Å². The number of hydrogen-bond acceptors (Lipinski definition) is 2. The van der Waals surface area contributed by atoms with Crippen LogP contribution < -0.4 is 0 Å². The van der Waals surface area contributed by atoms with Crippen LogP contribution >= 0.6 is 0 Å². The maximum absolute atomic E-state index is 6.14. The molecule has 0 saturated heterocycles. The highest BCUT2D eigenvalue weighted by atomic mass is 16.3. The molecule has 0 amide bonds. The van der Waals surface area contributed by atoms with Crippen molar-refractivity contribution in [2.45, 2.75) is 0 Å². The Kier molecular flexibility index (Phi) is 3.61. The largest absolute Gasteiger partial charge is 0.436 e. The summed E-state index contributed by atoms with van der Waals surface area (Å²) in [5.74, 6) is 0.649. The summed E-state index contributed by atoms with van der Waals surface area (Å²) < 4.78 is 6.14. The predicted molar refractivity (Wildman–Crippen MR) is 112 cm³/mol. The Morgan fingerprint density at radius 1 is 0.778 bits per heavy atom. The van der Waals surface area contributed by atoms with Crippen molar-refractivity contribution in [3.05, 3.63) is 97.1 Å². The van der Waals surface area contributed by atoms with Gasteiger partial charge in [0.15, 0.2) is 5.58 Å². The summed E-state index contributed by atoms with van der Waals surface area (Å²) >= 11 is 0. The van der Waals surface area contributed by atoms with Gasteiger partial charge in [-0.25, -0.2) is 4.98 Å². The fourth-order valence-corrected chi connectivity index (χ4v) is 3.52. The van der Waals surface area contributed by atoms with Crippen molar-refractivity contribution >= 4 is 27.9 Å². The van der Waals surface area contributed by atoms with Gasteiger partial charge in [0.05, 0.1) is 5.56 Å². The Bertz CT molecular complexity index is 1250. The van der Waals surface area contributed by atoms with Crippen molar-refractivity contribution in [2.75, 3.05) is 0 Å². The summed E-state index contributed by atoms with van der Waals surface area (Å²) in [6.07, 6.45) is 1.85. The van der Waals surface area contributed by atoms with Crippen LogP contribution in [0.15, 0.2) is 95.9 Å². The summed E-state index contributed by atoms with van der Waals surface area (Å²) in [7, 11) is 0. The first-order valence-electron chi connectivity index (χ1n) is 8.94. The van der Waals surface area contributed by atoms with Gasteiger partial charge in [0, 0.05) is 0 Å². The molecule has 128 valence electrons. The third-order valence-electron chi connectivity index (χ3n) is 4.89. The molecule has 0 atom stereocenters. The lowest BCUT2D eigenvalue weighted by atomic mass is 9.93. The van der Waals surface area contributed by atoms with Crippen LogP contribution in [0.5, 0.6) is 0 Å². The zero-order valence-corrected chi connectivity index (χ0v) is 14.7. The molecule has 5 rings (SSSR count). The van der Waals surface area contributed by atoms with Crippen molar-refractivity contribution in [3.63, 3.8) is 0 Å². The molecule has 27 heavy (non-hydrogen) atoms. The van der Waals surface area contributed by atoms with Gasteiger partial charge in [-0.2, -0.15) is 0 Å². The Balaban J connectivity index is 1.82. The Morgan fingerprint density at radius 2 is 1.56 bits per heavy atom. The van der Waals surface area contributed by atoms with E-state index in [4.69, 9.17) is 9.40 Å². The SMILES string of the molecule is C=Cc1ccc(-c2ccc3ccccc3c2-c2nc3ccccc3o2)cc1. The van der Waals surface area contributed by atoms with Gasteiger partial charge in [0.1, 0.15) is 5.52 Å². The topological polar surface area (TPSA) is 26.0 Å². The van der Waals surface area contributed by atoms with Crippen LogP contribution in [-0.2, 0) is 0 Å². The van der Waals surface area contributed by atoms with Gasteiger partial charge in [0.2, 0.25) is 5.89 Å². The molecule has 0 aliphatic carbocycles. The quantitative estimate of drug-likeness (QED) is 0.352. The molecule has 0 spiro atoms. The van der Waals surface area contributed by atoms with Crippen LogP contribution in [-0.4, -0.2) is 4.98 Å². The van der Waals surface area contributed by atoms with E-state index in [-0.39, 0.29) is 0 Å². The number of nitrogens with zero attached hydrogens (tertiary/aromatic N) is 1. The highest BCUT2D eigenvalue weighted by Crippen LogP contribution is 2.38.